The summed E-state index contributed by atoms with van der Waals surface area (Å²) in [7, 11) is -1.30. The highest BCUT2D eigenvalue weighted by Gasteiger charge is 2.84. The molecule has 4 aliphatic carbocycles. The molecule has 9 heteroatoms. The second kappa shape index (κ2) is 11.8. The van der Waals surface area contributed by atoms with Gasteiger partial charge in [-0.1, -0.05) is 58.5 Å². The van der Waals surface area contributed by atoms with Crippen molar-refractivity contribution in [2.45, 2.75) is 104 Å². The normalized spacial score (nSPS) is 41.2. The third kappa shape index (κ3) is 5.20. The van der Waals surface area contributed by atoms with Crippen LogP contribution in [0.5, 0.6) is 0 Å². The average Bonchev–Trinajstić information content (AvgIpc) is 3.49. The third-order valence-corrected chi connectivity index (χ3v) is 13.2. The van der Waals surface area contributed by atoms with E-state index in [-0.39, 0.29) is 49.2 Å². The molecular formula is C34H52O8Si. The number of aldehydes is 1. The van der Waals surface area contributed by atoms with Gasteiger partial charge in [-0.25, -0.2) is 0 Å². The van der Waals surface area contributed by atoms with E-state index in [0.717, 1.165) is 37.2 Å². The van der Waals surface area contributed by atoms with Crippen LogP contribution in [-0.4, -0.2) is 64.8 Å². The maximum Gasteiger partial charge on any atom is 0.320 e. The summed E-state index contributed by atoms with van der Waals surface area (Å²) in [5.74, 6) is 0.326. The second-order valence-electron chi connectivity index (χ2n) is 15.4. The molecule has 0 radical (unpaired) electrons. The number of hydrogen-bond donors (Lipinski definition) is 0. The number of rotatable bonds is 12. The summed E-state index contributed by atoms with van der Waals surface area (Å²) in [6.45, 7) is 17.3. The van der Waals surface area contributed by atoms with Crippen LogP contribution in [0, 0.1) is 45.8 Å². The number of carbonyl (C=O) groups is 3. The summed E-state index contributed by atoms with van der Waals surface area (Å²) in [5, 5.41) is 0. The topological polar surface area (TPSA) is 97.4 Å². The first-order valence-electron chi connectivity index (χ1n) is 16.3. The molecule has 5 aliphatic rings. The molecule has 43 heavy (non-hydrogen) atoms. The Hall–Kier alpha value is -1.81. The highest BCUT2D eigenvalue weighted by molar-refractivity contribution is 6.76. The summed E-state index contributed by atoms with van der Waals surface area (Å²) < 4.78 is 30.0. The van der Waals surface area contributed by atoms with Gasteiger partial charge in [0.1, 0.15) is 17.8 Å². The van der Waals surface area contributed by atoms with Crippen LogP contribution in [-0.2, 0) is 38.1 Å². The van der Waals surface area contributed by atoms with E-state index in [1.807, 2.05) is 13.0 Å². The number of carbonyl (C=O) groups excluding carboxylic acids is 3. The Morgan fingerprint density at radius 1 is 1.14 bits per heavy atom. The van der Waals surface area contributed by atoms with E-state index in [1.165, 1.54) is 6.92 Å². The molecular weight excluding hydrogens is 564 g/mol. The van der Waals surface area contributed by atoms with Crippen molar-refractivity contribution in [1.82, 2.24) is 0 Å². The van der Waals surface area contributed by atoms with Crippen LogP contribution in [0.25, 0.3) is 0 Å². The summed E-state index contributed by atoms with van der Waals surface area (Å²) in [6.07, 6.45) is 8.96. The predicted molar refractivity (Wildman–Crippen MR) is 164 cm³/mol. The van der Waals surface area contributed by atoms with Crippen LogP contribution >= 0.6 is 0 Å². The molecule has 3 saturated carbocycles. The van der Waals surface area contributed by atoms with Crippen LogP contribution in [0.2, 0.25) is 25.7 Å². The van der Waals surface area contributed by atoms with Gasteiger partial charge in [-0.15, -0.1) is 0 Å². The van der Waals surface area contributed by atoms with E-state index in [1.54, 1.807) is 6.08 Å². The Bertz CT molecular complexity index is 1160. The molecule has 0 unspecified atom stereocenters. The molecule has 3 fully saturated rings. The van der Waals surface area contributed by atoms with E-state index in [4.69, 9.17) is 23.7 Å². The van der Waals surface area contributed by atoms with Crippen molar-refractivity contribution in [2.75, 3.05) is 20.0 Å². The minimum absolute atomic E-state index is 0.0204. The SMILES string of the molecule is CC(=O)O[C@H]1C=C[C@H](OC[C@@]23C[C@@H]4[C@H](C)CC[C@H]4[C@@]4(C=O)C[C@@H]2C=C(C(C)C)[C@@]34C(=O)OCOCC[Si](C)(C)C)O[C@@H]1C. The van der Waals surface area contributed by atoms with Crippen molar-refractivity contribution in [1.29, 1.82) is 0 Å². The van der Waals surface area contributed by atoms with Crippen LogP contribution in [0.1, 0.15) is 60.3 Å². The maximum atomic E-state index is 14.8. The summed E-state index contributed by atoms with van der Waals surface area (Å²) in [4.78, 5) is 39.9. The van der Waals surface area contributed by atoms with Gasteiger partial charge in [0.2, 0.25) is 0 Å². The molecule has 5 rings (SSSR count). The number of ether oxygens (including phenoxy) is 5. The van der Waals surface area contributed by atoms with Gasteiger partial charge in [-0.2, -0.15) is 0 Å². The van der Waals surface area contributed by atoms with Crippen molar-refractivity contribution >= 4 is 26.3 Å². The smallest absolute Gasteiger partial charge is 0.320 e. The Morgan fingerprint density at radius 2 is 1.88 bits per heavy atom. The maximum absolute atomic E-state index is 14.8. The van der Waals surface area contributed by atoms with Gasteiger partial charge in [0.25, 0.3) is 0 Å². The van der Waals surface area contributed by atoms with Crippen LogP contribution < -0.4 is 0 Å². The van der Waals surface area contributed by atoms with Crippen LogP contribution in [0.3, 0.4) is 0 Å². The van der Waals surface area contributed by atoms with E-state index in [0.29, 0.717) is 24.9 Å². The van der Waals surface area contributed by atoms with Gasteiger partial charge in [-0.3, -0.25) is 9.59 Å². The molecule has 10 atom stereocenters. The summed E-state index contributed by atoms with van der Waals surface area (Å²) in [5.41, 5.74) is -1.56. The van der Waals surface area contributed by atoms with Crippen molar-refractivity contribution < 1.29 is 38.1 Å². The Balaban J connectivity index is 1.49. The summed E-state index contributed by atoms with van der Waals surface area (Å²) in [6, 6.07) is 0.984. The molecule has 1 heterocycles. The average molecular weight is 617 g/mol. The van der Waals surface area contributed by atoms with Gasteiger partial charge in [0.05, 0.1) is 18.1 Å². The predicted octanol–water partition coefficient (Wildman–Crippen LogP) is 5.93. The molecule has 0 spiro atoms. The molecule has 0 aromatic heterocycles. The van der Waals surface area contributed by atoms with Gasteiger partial charge in [0.15, 0.2) is 13.1 Å². The van der Waals surface area contributed by atoms with Crippen LogP contribution in [0.4, 0.5) is 0 Å². The molecule has 4 bridgehead atoms. The van der Waals surface area contributed by atoms with Gasteiger partial charge in [0, 0.05) is 27.0 Å². The highest BCUT2D eigenvalue weighted by Crippen LogP contribution is 2.82. The first kappa shape index (κ1) is 32.6. The first-order chi connectivity index (χ1) is 20.2. The van der Waals surface area contributed by atoms with Crippen molar-refractivity contribution in [3.05, 3.63) is 23.8 Å². The monoisotopic (exact) mass is 616 g/mol. The third-order valence-electron chi connectivity index (χ3n) is 11.5. The zero-order valence-corrected chi connectivity index (χ0v) is 28.4. The lowest BCUT2D eigenvalue weighted by Gasteiger charge is -2.59. The minimum atomic E-state index is -1.30. The molecule has 1 aliphatic heterocycles. The quantitative estimate of drug-likeness (QED) is 0.0665. The van der Waals surface area contributed by atoms with Gasteiger partial charge >= 0.3 is 11.9 Å². The van der Waals surface area contributed by atoms with Gasteiger partial charge < -0.3 is 28.5 Å². The number of fused-ring (bicyclic) bond motifs is 2. The van der Waals surface area contributed by atoms with Crippen molar-refractivity contribution in [3.63, 3.8) is 0 Å². The zero-order valence-electron chi connectivity index (χ0n) is 27.4. The zero-order chi connectivity index (χ0) is 31.4. The number of allylic oxidation sites excluding steroid dienone is 1. The molecule has 0 aromatic rings. The molecule has 0 aromatic carbocycles. The van der Waals surface area contributed by atoms with Crippen molar-refractivity contribution in [2.24, 2.45) is 45.8 Å². The lowest BCUT2D eigenvalue weighted by molar-refractivity contribution is -0.220. The second-order valence-corrected chi connectivity index (χ2v) is 21.1. The molecule has 8 nitrogen and oxygen atoms in total. The van der Waals surface area contributed by atoms with E-state index < -0.39 is 36.7 Å². The highest BCUT2D eigenvalue weighted by atomic mass is 28.3. The molecule has 0 saturated heterocycles. The Labute approximate surface area is 258 Å². The minimum Gasteiger partial charge on any atom is -0.456 e. The molecule has 0 N–H and O–H groups in total. The van der Waals surface area contributed by atoms with Crippen molar-refractivity contribution in [3.8, 4) is 0 Å². The largest absolute Gasteiger partial charge is 0.456 e. The first-order valence-corrected chi connectivity index (χ1v) is 20.0. The fourth-order valence-corrected chi connectivity index (χ4v) is 10.4. The Morgan fingerprint density at radius 3 is 2.51 bits per heavy atom. The van der Waals surface area contributed by atoms with Crippen LogP contribution in [0.15, 0.2) is 23.8 Å². The number of esters is 2. The molecule has 0 amide bonds. The summed E-state index contributed by atoms with van der Waals surface area (Å²) >= 11 is 0. The van der Waals surface area contributed by atoms with E-state index in [9.17, 15) is 14.4 Å². The van der Waals surface area contributed by atoms with Gasteiger partial charge in [-0.05, 0) is 74.0 Å². The standard InChI is InChI=1S/C34H52O8Si/c1-21(2)28-15-25-16-32(18-35)27-10-9-22(3)26(27)17-33(25,19-39-30-12-11-29(23(4)41-30)42-24(5)36)34(28,32)31(37)40-20-38-13-14-43(6,7)8/h11-12,15,18,21-23,25-27,29-30H,9-10,13-14,16-17,19-20H2,1-8H3/t22-,23-,25+,26-,27-,29+,30-,32+,33+,34+/m1/s1. The Kier molecular flexibility index (Phi) is 8.97. The lowest BCUT2D eigenvalue weighted by Crippen LogP contribution is -2.64. The fraction of sp³-hybridized carbons (Fsp3) is 0.794. The van der Waals surface area contributed by atoms with E-state index in [2.05, 4.69) is 46.5 Å². The van der Waals surface area contributed by atoms with E-state index >= 15 is 0 Å². The lowest BCUT2D eigenvalue weighted by atomic mass is 9.43. The molecule has 240 valence electrons. The number of hydrogen-bond acceptors (Lipinski definition) is 8. The fourth-order valence-electron chi connectivity index (χ4n) is 9.59.